The van der Waals surface area contributed by atoms with Gasteiger partial charge in [-0.1, -0.05) is 14.4 Å². The van der Waals surface area contributed by atoms with E-state index in [0.29, 0.717) is 0 Å². The molecular formula is C9H15N4O6P. The normalized spacial score (nSPS) is 9.85. The molecule has 0 aromatic heterocycles. The number of hydrogen-bond donors (Lipinski definition) is 4. The first kappa shape index (κ1) is 17.8. The number of carboxylic acids is 1. The minimum atomic E-state index is -1.19. The summed E-state index contributed by atoms with van der Waals surface area (Å²) >= 11 is 0. The van der Waals surface area contributed by atoms with Crippen LogP contribution in [0.4, 0.5) is 0 Å². The van der Waals surface area contributed by atoms with Gasteiger partial charge in [-0.05, 0) is 0 Å². The fourth-order valence-electron chi connectivity index (χ4n) is 0.847. The molecule has 11 heteroatoms. The van der Waals surface area contributed by atoms with E-state index in [4.69, 9.17) is 5.11 Å². The highest BCUT2D eigenvalue weighted by Gasteiger charge is 2.08. The van der Waals surface area contributed by atoms with Gasteiger partial charge in [-0.2, -0.15) is 0 Å². The standard InChI is InChI=1S/C9H15N4O6P/c14-6(2-11-8(16)4-19-13-5-20)10-1-7(15)12-3-9(17)18/h5H,1-4,20H2,(H,10,14)(H,11,16)(H,12,15)(H,17,18)/b13-5-. The molecule has 0 heterocycles. The van der Waals surface area contributed by atoms with E-state index in [-0.39, 0.29) is 19.7 Å². The lowest BCUT2D eigenvalue weighted by Crippen LogP contribution is -2.43. The van der Waals surface area contributed by atoms with Crippen LogP contribution in [0.5, 0.6) is 0 Å². The van der Waals surface area contributed by atoms with E-state index in [1.807, 2.05) is 0 Å². The molecule has 0 bridgehead atoms. The monoisotopic (exact) mass is 306 g/mol. The van der Waals surface area contributed by atoms with Crippen molar-refractivity contribution >= 4 is 38.9 Å². The average Bonchev–Trinajstić information content (AvgIpc) is 2.40. The van der Waals surface area contributed by atoms with Crippen molar-refractivity contribution in [3.8, 4) is 0 Å². The van der Waals surface area contributed by atoms with Crippen molar-refractivity contribution < 1.29 is 29.1 Å². The van der Waals surface area contributed by atoms with Crippen LogP contribution in [0.2, 0.25) is 0 Å². The third kappa shape index (κ3) is 10.9. The summed E-state index contributed by atoms with van der Waals surface area (Å²) in [6.45, 7) is -1.58. The summed E-state index contributed by atoms with van der Waals surface area (Å²) in [6, 6.07) is 0. The van der Waals surface area contributed by atoms with Gasteiger partial charge >= 0.3 is 5.97 Å². The second kappa shape index (κ2) is 10.7. The number of rotatable bonds is 9. The highest BCUT2D eigenvalue weighted by atomic mass is 31.0. The summed E-state index contributed by atoms with van der Waals surface area (Å²) in [7, 11) is 2.15. The van der Waals surface area contributed by atoms with Gasteiger partial charge in [0, 0.05) is 0 Å². The van der Waals surface area contributed by atoms with Gasteiger partial charge in [0.15, 0.2) is 6.61 Å². The van der Waals surface area contributed by atoms with E-state index in [9.17, 15) is 19.2 Å². The number of oxime groups is 1. The van der Waals surface area contributed by atoms with E-state index < -0.39 is 30.2 Å². The number of amides is 3. The SMILES string of the molecule is O=C(O)CNC(=O)CNC(=O)CNC(=O)CO/N=C\P. The van der Waals surface area contributed by atoms with Crippen LogP contribution in [0, 0.1) is 0 Å². The van der Waals surface area contributed by atoms with Crippen LogP contribution in [0.25, 0.3) is 0 Å². The number of carbonyl (C=O) groups excluding carboxylic acids is 3. The molecule has 0 aliphatic carbocycles. The predicted molar refractivity (Wildman–Crippen MR) is 70.8 cm³/mol. The van der Waals surface area contributed by atoms with Crippen LogP contribution in [-0.4, -0.2) is 61.0 Å². The zero-order valence-electron chi connectivity index (χ0n) is 10.4. The molecule has 10 nitrogen and oxygen atoms in total. The molecule has 0 radical (unpaired) electrons. The zero-order chi connectivity index (χ0) is 15.4. The van der Waals surface area contributed by atoms with E-state index in [0.717, 1.165) is 0 Å². The summed E-state index contributed by atoms with van der Waals surface area (Å²) in [5.41, 5.74) is 0. The number of hydrogen-bond acceptors (Lipinski definition) is 6. The highest BCUT2D eigenvalue weighted by Crippen LogP contribution is 1.78. The van der Waals surface area contributed by atoms with Crippen molar-refractivity contribution in [3.05, 3.63) is 0 Å². The molecule has 0 saturated heterocycles. The maximum Gasteiger partial charge on any atom is 0.322 e. The van der Waals surface area contributed by atoms with Gasteiger partial charge in [0.05, 0.1) is 19.0 Å². The number of carboxylic acid groups (broad SMARTS) is 1. The van der Waals surface area contributed by atoms with Gasteiger partial charge in [-0.25, -0.2) is 0 Å². The van der Waals surface area contributed by atoms with Crippen molar-refractivity contribution in [2.45, 2.75) is 0 Å². The molecule has 0 aliphatic rings. The molecule has 0 aliphatic heterocycles. The minimum Gasteiger partial charge on any atom is -0.480 e. The molecule has 1 unspecified atom stereocenters. The van der Waals surface area contributed by atoms with Crippen LogP contribution in [-0.2, 0) is 24.0 Å². The average molecular weight is 306 g/mol. The van der Waals surface area contributed by atoms with Crippen molar-refractivity contribution in [1.29, 1.82) is 0 Å². The third-order valence-corrected chi connectivity index (χ3v) is 1.78. The molecule has 20 heavy (non-hydrogen) atoms. The summed E-state index contributed by atoms with van der Waals surface area (Å²) < 4.78 is 0. The molecule has 0 spiro atoms. The smallest absolute Gasteiger partial charge is 0.322 e. The van der Waals surface area contributed by atoms with Crippen molar-refractivity contribution in [1.82, 2.24) is 16.0 Å². The van der Waals surface area contributed by atoms with Crippen LogP contribution >= 0.6 is 9.24 Å². The Bertz CT molecular complexity index is 400. The van der Waals surface area contributed by atoms with Gasteiger partial charge in [0.1, 0.15) is 6.54 Å². The summed E-state index contributed by atoms with van der Waals surface area (Å²) in [4.78, 5) is 48.0. The Morgan fingerprint density at radius 3 is 2.00 bits per heavy atom. The first-order chi connectivity index (χ1) is 9.45. The Balaban J connectivity index is 3.70. The summed E-state index contributed by atoms with van der Waals surface area (Å²) in [5, 5.41) is 18.1. The minimum absolute atomic E-state index is 0.334. The van der Waals surface area contributed by atoms with Crippen molar-refractivity contribution in [2.24, 2.45) is 5.16 Å². The lowest BCUT2D eigenvalue weighted by atomic mass is 10.5. The first-order valence-electron chi connectivity index (χ1n) is 5.33. The second-order valence-corrected chi connectivity index (χ2v) is 3.55. The van der Waals surface area contributed by atoms with E-state index >= 15 is 0 Å². The number of carbonyl (C=O) groups is 4. The lowest BCUT2D eigenvalue weighted by Gasteiger charge is -2.06. The molecule has 0 rings (SSSR count). The predicted octanol–water partition coefficient (Wildman–Crippen LogP) is -2.75. The van der Waals surface area contributed by atoms with Gasteiger partial charge in [0.25, 0.3) is 5.91 Å². The molecular weight excluding hydrogens is 291 g/mol. The lowest BCUT2D eigenvalue weighted by molar-refractivity contribution is -0.137. The van der Waals surface area contributed by atoms with Crippen molar-refractivity contribution in [2.75, 3.05) is 26.2 Å². The summed E-state index contributed by atoms with van der Waals surface area (Å²) in [6.07, 6.45) is 0. The number of nitrogens with one attached hydrogen (secondary N) is 3. The van der Waals surface area contributed by atoms with Gasteiger partial charge in [-0.3, -0.25) is 19.2 Å². The molecule has 0 aromatic carbocycles. The quantitative estimate of drug-likeness (QED) is 0.206. The van der Waals surface area contributed by atoms with E-state index in [2.05, 4.69) is 35.2 Å². The number of nitrogens with zero attached hydrogens (tertiary/aromatic N) is 1. The maximum atomic E-state index is 11.2. The fraction of sp³-hybridized carbons (Fsp3) is 0.444. The largest absolute Gasteiger partial charge is 0.480 e. The number of aliphatic carboxylic acids is 1. The van der Waals surface area contributed by atoms with Gasteiger partial charge < -0.3 is 25.9 Å². The van der Waals surface area contributed by atoms with Crippen LogP contribution in [0.1, 0.15) is 0 Å². The first-order valence-corrected chi connectivity index (χ1v) is 5.99. The Kier molecular flexibility index (Phi) is 9.49. The Hall–Kier alpha value is -2.22. The molecule has 4 N–H and O–H groups in total. The van der Waals surface area contributed by atoms with Gasteiger partial charge in [0.2, 0.25) is 11.8 Å². The molecule has 1 atom stereocenters. The van der Waals surface area contributed by atoms with Crippen LogP contribution in [0.15, 0.2) is 5.16 Å². The second-order valence-electron chi connectivity index (χ2n) is 3.25. The Morgan fingerprint density at radius 1 is 1.00 bits per heavy atom. The van der Waals surface area contributed by atoms with Crippen LogP contribution in [0.3, 0.4) is 0 Å². The molecule has 0 fully saturated rings. The highest BCUT2D eigenvalue weighted by molar-refractivity contribution is 7.36. The Labute approximate surface area is 116 Å². The molecule has 0 aromatic rings. The zero-order valence-corrected chi connectivity index (χ0v) is 11.6. The molecule has 0 saturated carbocycles. The maximum absolute atomic E-state index is 11.2. The van der Waals surface area contributed by atoms with E-state index in [1.165, 1.54) is 5.96 Å². The fourth-order valence-corrected chi connectivity index (χ4v) is 0.933. The van der Waals surface area contributed by atoms with Gasteiger partial charge in [-0.15, -0.1) is 0 Å². The van der Waals surface area contributed by atoms with Crippen molar-refractivity contribution in [3.63, 3.8) is 0 Å². The Morgan fingerprint density at radius 2 is 1.50 bits per heavy atom. The van der Waals surface area contributed by atoms with Crippen LogP contribution < -0.4 is 16.0 Å². The van der Waals surface area contributed by atoms with E-state index in [1.54, 1.807) is 0 Å². The summed E-state index contributed by atoms with van der Waals surface area (Å²) in [5.74, 6) is -1.71. The topological polar surface area (TPSA) is 146 Å². The third-order valence-electron chi connectivity index (χ3n) is 1.66. The molecule has 112 valence electrons. The molecule has 3 amide bonds.